The molecule has 1 aromatic rings. The van der Waals surface area contributed by atoms with E-state index >= 15 is 0 Å². The Morgan fingerprint density at radius 2 is 1.94 bits per heavy atom. The van der Waals surface area contributed by atoms with Gasteiger partial charge in [0.05, 0.1) is 17.4 Å². The third-order valence-electron chi connectivity index (χ3n) is 3.44. The summed E-state index contributed by atoms with van der Waals surface area (Å²) >= 11 is 0. The summed E-state index contributed by atoms with van der Waals surface area (Å²) in [6.45, 7) is 6.36. The zero-order valence-electron chi connectivity index (χ0n) is 10.1. The maximum Gasteiger partial charge on any atom is 0.0784 e. The summed E-state index contributed by atoms with van der Waals surface area (Å²) < 4.78 is 0. The molecule has 1 unspecified atom stereocenters. The van der Waals surface area contributed by atoms with Crippen molar-refractivity contribution in [2.45, 2.75) is 38.8 Å². The van der Waals surface area contributed by atoms with Gasteiger partial charge in [0.25, 0.3) is 0 Å². The van der Waals surface area contributed by atoms with E-state index in [1.807, 2.05) is 6.92 Å². The van der Waals surface area contributed by atoms with Gasteiger partial charge in [-0.1, -0.05) is 0 Å². The molecule has 16 heavy (non-hydrogen) atoms. The molecule has 88 valence electrons. The van der Waals surface area contributed by atoms with Crippen LogP contribution in [0.3, 0.4) is 0 Å². The quantitative estimate of drug-likeness (QED) is 0.815. The molecule has 1 aromatic heterocycles. The smallest absolute Gasteiger partial charge is 0.0784 e. The van der Waals surface area contributed by atoms with Crippen molar-refractivity contribution in [2.75, 3.05) is 13.1 Å². The molecular formula is C12H20N4. The Labute approximate surface area is 96.9 Å². The van der Waals surface area contributed by atoms with Crippen LogP contribution in [-0.2, 0) is 0 Å². The summed E-state index contributed by atoms with van der Waals surface area (Å²) in [5, 5.41) is 0. The second-order valence-electron chi connectivity index (χ2n) is 4.58. The summed E-state index contributed by atoms with van der Waals surface area (Å²) in [6.07, 6.45) is 5.69. The molecule has 1 saturated heterocycles. The molecule has 0 spiro atoms. The maximum absolute atomic E-state index is 5.91. The lowest BCUT2D eigenvalue weighted by Crippen LogP contribution is -2.41. The van der Waals surface area contributed by atoms with E-state index in [-0.39, 0.29) is 0 Å². The molecule has 0 bridgehead atoms. The molecule has 1 atom stereocenters. The first kappa shape index (κ1) is 11.5. The van der Waals surface area contributed by atoms with Crippen molar-refractivity contribution in [3.63, 3.8) is 0 Å². The van der Waals surface area contributed by atoms with E-state index in [1.54, 1.807) is 12.4 Å². The molecule has 0 aromatic carbocycles. The summed E-state index contributed by atoms with van der Waals surface area (Å²) in [6, 6.07) is 0.729. The van der Waals surface area contributed by atoms with Crippen LogP contribution in [0.15, 0.2) is 12.4 Å². The first-order valence-corrected chi connectivity index (χ1v) is 5.95. The van der Waals surface area contributed by atoms with E-state index in [2.05, 4.69) is 21.8 Å². The van der Waals surface area contributed by atoms with Crippen molar-refractivity contribution in [1.29, 1.82) is 0 Å². The maximum atomic E-state index is 5.91. The standard InChI is InChI=1S/C12H20N4/c1-9-12(15-6-5-14-9)10(2)16-7-3-11(13)4-8-16/h5-6,10-11H,3-4,7-8,13H2,1-2H3. The van der Waals surface area contributed by atoms with Gasteiger partial charge in [-0.05, 0) is 26.7 Å². The number of aromatic nitrogens is 2. The van der Waals surface area contributed by atoms with Crippen LogP contribution in [0, 0.1) is 6.92 Å². The minimum Gasteiger partial charge on any atom is -0.328 e. The van der Waals surface area contributed by atoms with Crippen LogP contribution in [0.1, 0.15) is 37.2 Å². The average molecular weight is 220 g/mol. The molecule has 1 fully saturated rings. The van der Waals surface area contributed by atoms with Gasteiger partial charge in [0.2, 0.25) is 0 Å². The zero-order chi connectivity index (χ0) is 11.5. The fourth-order valence-electron chi connectivity index (χ4n) is 2.31. The van der Waals surface area contributed by atoms with E-state index in [1.165, 1.54) is 0 Å². The lowest BCUT2D eigenvalue weighted by molar-refractivity contribution is 0.160. The Morgan fingerprint density at radius 3 is 2.56 bits per heavy atom. The van der Waals surface area contributed by atoms with Crippen molar-refractivity contribution in [2.24, 2.45) is 5.73 Å². The van der Waals surface area contributed by atoms with Crippen LogP contribution in [0.2, 0.25) is 0 Å². The van der Waals surface area contributed by atoms with Crippen LogP contribution in [0.4, 0.5) is 0 Å². The SMILES string of the molecule is Cc1nccnc1C(C)N1CCC(N)CC1. The predicted octanol–water partition coefficient (Wildman–Crippen LogP) is 1.27. The first-order valence-electron chi connectivity index (χ1n) is 5.95. The van der Waals surface area contributed by atoms with Crippen LogP contribution < -0.4 is 5.73 Å². The van der Waals surface area contributed by atoms with Crippen LogP contribution >= 0.6 is 0 Å². The molecule has 4 nitrogen and oxygen atoms in total. The Balaban J connectivity index is 2.07. The van der Waals surface area contributed by atoms with Gasteiger partial charge in [-0.2, -0.15) is 0 Å². The van der Waals surface area contributed by atoms with E-state index < -0.39 is 0 Å². The molecule has 0 radical (unpaired) electrons. The Kier molecular flexibility index (Phi) is 3.51. The number of hydrogen-bond donors (Lipinski definition) is 1. The third kappa shape index (κ3) is 2.39. The van der Waals surface area contributed by atoms with Gasteiger partial charge in [-0.3, -0.25) is 14.9 Å². The average Bonchev–Trinajstić information content (AvgIpc) is 2.30. The molecule has 1 aliphatic heterocycles. The predicted molar refractivity (Wildman–Crippen MR) is 64.0 cm³/mol. The van der Waals surface area contributed by atoms with Gasteiger partial charge < -0.3 is 5.73 Å². The fourth-order valence-corrected chi connectivity index (χ4v) is 2.31. The molecule has 2 heterocycles. The van der Waals surface area contributed by atoms with Gasteiger partial charge in [-0.15, -0.1) is 0 Å². The van der Waals surface area contributed by atoms with Crippen LogP contribution in [0.25, 0.3) is 0 Å². The van der Waals surface area contributed by atoms with Gasteiger partial charge in [0, 0.05) is 31.5 Å². The van der Waals surface area contributed by atoms with Crippen LogP contribution in [0.5, 0.6) is 0 Å². The highest BCUT2D eigenvalue weighted by molar-refractivity contribution is 5.12. The summed E-state index contributed by atoms with van der Waals surface area (Å²) in [4.78, 5) is 11.2. The van der Waals surface area contributed by atoms with Crippen LogP contribution in [-0.4, -0.2) is 34.0 Å². The second-order valence-corrected chi connectivity index (χ2v) is 4.58. The molecule has 1 aliphatic rings. The van der Waals surface area contributed by atoms with E-state index in [9.17, 15) is 0 Å². The van der Waals surface area contributed by atoms with Gasteiger partial charge >= 0.3 is 0 Å². The number of likely N-dealkylation sites (tertiary alicyclic amines) is 1. The number of rotatable bonds is 2. The van der Waals surface area contributed by atoms with E-state index in [0.717, 1.165) is 37.3 Å². The van der Waals surface area contributed by atoms with Crippen molar-refractivity contribution < 1.29 is 0 Å². The van der Waals surface area contributed by atoms with Crippen molar-refractivity contribution in [3.8, 4) is 0 Å². The summed E-state index contributed by atoms with van der Waals surface area (Å²) in [5.41, 5.74) is 8.04. The molecule has 0 aliphatic carbocycles. The number of aryl methyl sites for hydroxylation is 1. The molecule has 2 rings (SSSR count). The number of nitrogens with zero attached hydrogens (tertiary/aromatic N) is 3. The highest BCUT2D eigenvalue weighted by Crippen LogP contribution is 2.23. The highest BCUT2D eigenvalue weighted by atomic mass is 15.2. The largest absolute Gasteiger partial charge is 0.328 e. The Hall–Kier alpha value is -1.00. The molecular weight excluding hydrogens is 200 g/mol. The van der Waals surface area contributed by atoms with Crippen molar-refractivity contribution in [3.05, 3.63) is 23.8 Å². The monoisotopic (exact) mass is 220 g/mol. The zero-order valence-corrected chi connectivity index (χ0v) is 10.1. The Bertz CT molecular complexity index is 345. The number of hydrogen-bond acceptors (Lipinski definition) is 4. The minimum absolute atomic E-state index is 0.348. The van der Waals surface area contributed by atoms with Gasteiger partial charge in [0.15, 0.2) is 0 Å². The van der Waals surface area contributed by atoms with E-state index in [4.69, 9.17) is 5.73 Å². The first-order chi connectivity index (χ1) is 7.68. The minimum atomic E-state index is 0.348. The lowest BCUT2D eigenvalue weighted by Gasteiger charge is -2.34. The topological polar surface area (TPSA) is 55.0 Å². The highest BCUT2D eigenvalue weighted by Gasteiger charge is 2.23. The molecule has 2 N–H and O–H groups in total. The Morgan fingerprint density at radius 1 is 1.31 bits per heavy atom. The third-order valence-corrected chi connectivity index (χ3v) is 3.44. The summed E-state index contributed by atoms with van der Waals surface area (Å²) in [5.74, 6) is 0. The second kappa shape index (κ2) is 4.89. The normalized spacial score (nSPS) is 20.9. The van der Waals surface area contributed by atoms with Crippen molar-refractivity contribution in [1.82, 2.24) is 14.9 Å². The van der Waals surface area contributed by atoms with E-state index in [0.29, 0.717) is 12.1 Å². The number of piperidine rings is 1. The van der Waals surface area contributed by atoms with Gasteiger partial charge in [-0.25, -0.2) is 0 Å². The lowest BCUT2D eigenvalue weighted by atomic mass is 10.0. The van der Waals surface area contributed by atoms with Crippen molar-refractivity contribution >= 4 is 0 Å². The molecule has 0 amide bonds. The molecule has 4 heteroatoms. The number of nitrogens with two attached hydrogens (primary N) is 1. The molecule has 0 saturated carbocycles. The summed E-state index contributed by atoms with van der Waals surface area (Å²) in [7, 11) is 0. The fraction of sp³-hybridized carbons (Fsp3) is 0.667. The van der Waals surface area contributed by atoms with Gasteiger partial charge in [0.1, 0.15) is 0 Å².